The summed E-state index contributed by atoms with van der Waals surface area (Å²) in [5.74, 6) is 0. The molecule has 0 aliphatic heterocycles. The normalized spacial score (nSPS) is 12.3. The van der Waals surface area contributed by atoms with E-state index in [1.165, 1.54) is 64.9 Å². The minimum absolute atomic E-state index is 0.873. The summed E-state index contributed by atoms with van der Waals surface area (Å²) in [5.41, 5.74) is 2.70. The molecule has 0 saturated heterocycles. The fourth-order valence-electron chi connectivity index (χ4n) is 6.19. The lowest BCUT2D eigenvalue weighted by Gasteiger charge is -2.22. The first-order valence-corrected chi connectivity index (χ1v) is 12.7. The van der Waals surface area contributed by atoms with Crippen LogP contribution in [0.1, 0.15) is 13.8 Å². The van der Waals surface area contributed by atoms with Crippen LogP contribution in [0.25, 0.3) is 64.9 Å². The molecule has 6 aromatic carbocycles. The Balaban J connectivity index is 1.88. The van der Waals surface area contributed by atoms with Gasteiger partial charge in [0.15, 0.2) is 0 Å². The van der Waals surface area contributed by atoms with Gasteiger partial charge >= 0.3 is 0 Å². The minimum Gasteiger partial charge on any atom is -0.326 e. The lowest BCUT2D eigenvalue weighted by atomic mass is 9.93. The van der Waals surface area contributed by atoms with Crippen molar-refractivity contribution in [3.05, 3.63) is 97.1 Å². The summed E-state index contributed by atoms with van der Waals surface area (Å²) in [6, 6.07) is 35.8. The van der Waals surface area contributed by atoms with E-state index in [-0.39, 0.29) is 0 Å². The first-order chi connectivity index (χ1) is 17.3. The van der Waals surface area contributed by atoms with Crippen LogP contribution >= 0.6 is 0 Å². The van der Waals surface area contributed by atoms with E-state index < -0.39 is 0 Å². The first-order valence-electron chi connectivity index (χ1n) is 12.7. The van der Waals surface area contributed by atoms with Gasteiger partial charge in [-0.05, 0) is 45.4 Å². The monoisotopic (exact) mass is 452 g/mol. The molecule has 0 fully saturated rings. The Hall–Kier alpha value is -3.88. The molecule has 0 unspecified atom stereocenters. The fraction of sp³-hybridized carbons (Fsp3) is 0.152. The SMILES string of the molecule is CCN(CC)Cn1c2c3ccccc3c3ccccc3c2c2c3ccccc3c3ccccc3c21. The number of hydrogen-bond donors (Lipinski definition) is 0. The molecule has 0 bridgehead atoms. The number of fused-ring (bicyclic) bond motifs is 13. The van der Waals surface area contributed by atoms with Gasteiger partial charge in [-0.3, -0.25) is 4.90 Å². The molecule has 35 heavy (non-hydrogen) atoms. The average molecular weight is 453 g/mol. The maximum absolute atomic E-state index is 2.61. The molecule has 0 N–H and O–H groups in total. The third-order valence-corrected chi connectivity index (χ3v) is 7.84. The highest BCUT2D eigenvalue weighted by atomic mass is 15.2. The van der Waals surface area contributed by atoms with Crippen LogP contribution in [0.4, 0.5) is 0 Å². The Morgan fingerprint density at radius 3 is 1.14 bits per heavy atom. The highest BCUT2D eigenvalue weighted by Crippen LogP contribution is 2.46. The van der Waals surface area contributed by atoms with Gasteiger partial charge in [0.2, 0.25) is 0 Å². The Morgan fingerprint density at radius 1 is 0.457 bits per heavy atom. The second kappa shape index (κ2) is 7.83. The van der Waals surface area contributed by atoms with Crippen molar-refractivity contribution in [3.8, 4) is 0 Å². The van der Waals surface area contributed by atoms with E-state index in [1.807, 2.05) is 0 Å². The van der Waals surface area contributed by atoms with Gasteiger partial charge in [-0.15, -0.1) is 0 Å². The maximum atomic E-state index is 2.61. The van der Waals surface area contributed by atoms with Crippen molar-refractivity contribution in [2.45, 2.75) is 20.5 Å². The van der Waals surface area contributed by atoms with Crippen molar-refractivity contribution in [3.63, 3.8) is 0 Å². The maximum Gasteiger partial charge on any atom is 0.0757 e. The smallest absolute Gasteiger partial charge is 0.0757 e. The summed E-state index contributed by atoms with van der Waals surface area (Å²) < 4.78 is 2.61. The molecule has 0 amide bonds. The van der Waals surface area contributed by atoms with Gasteiger partial charge < -0.3 is 4.57 Å². The molecular formula is C33H28N2. The average Bonchev–Trinajstić information content (AvgIpc) is 3.27. The van der Waals surface area contributed by atoms with E-state index in [0.717, 1.165) is 19.8 Å². The van der Waals surface area contributed by atoms with Crippen LogP contribution < -0.4 is 0 Å². The highest BCUT2D eigenvalue weighted by Gasteiger charge is 2.22. The van der Waals surface area contributed by atoms with Crippen molar-refractivity contribution in [2.75, 3.05) is 13.1 Å². The summed E-state index contributed by atoms with van der Waals surface area (Å²) in [6.45, 7) is 7.44. The van der Waals surface area contributed by atoms with Crippen LogP contribution in [0.2, 0.25) is 0 Å². The Labute approximate surface area is 205 Å². The van der Waals surface area contributed by atoms with Crippen molar-refractivity contribution < 1.29 is 0 Å². The molecule has 2 nitrogen and oxygen atoms in total. The van der Waals surface area contributed by atoms with Crippen LogP contribution in [0.5, 0.6) is 0 Å². The zero-order valence-electron chi connectivity index (χ0n) is 20.3. The molecule has 1 heterocycles. The van der Waals surface area contributed by atoms with Crippen LogP contribution in [-0.2, 0) is 6.67 Å². The molecule has 0 radical (unpaired) electrons. The van der Waals surface area contributed by atoms with Crippen LogP contribution in [0.15, 0.2) is 97.1 Å². The van der Waals surface area contributed by atoms with Crippen molar-refractivity contribution in [2.24, 2.45) is 0 Å². The molecule has 7 aromatic rings. The first kappa shape index (κ1) is 20.5. The number of aromatic nitrogens is 1. The van der Waals surface area contributed by atoms with E-state index in [2.05, 4.69) is 120 Å². The third kappa shape index (κ3) is 2.81. The molecule has 0 atom stereocenters. The molecule has 170 valence electrons. The highest BCUT2D eigenvalue weighted by molar-refractivity contribution is 6.39. The molecule has 1 aromatic heterocycles. The number of rotatable bonds is 4. The van der Waals surface area contributed by atoms with Crippen LogP contribution in [0, 0.1) is 0 Å². The van der Waals surface area contributed by atoms with E-state index >= 15 is 0 Å². The fourth-order valence-corrected chi connectivity index (χ4v) is 6.19. The number of benzene rings is 6. The lowest BCUT2D eigenvalue weighted by molar-refractivity contribution is 0.250. The summed E-state index contributed by atoms with van der Waals surface area (Å²) >= 11 is 0. The predicted octanol–water partition coefficient (Wildman–Crippen LogP) is 8.71. The zero-order valence-corrected chi connectivity index (χ0v) is 20.3. The molecule has 0 aliphatic rings. The van der Waals surface area contributed by atoms with Crippen molar-refractivity contribution in [1.82, 2.24) is 9.47 Å². The minimum atomic E-state index is 0.873. The largest absolute Gasteiger partial charge is 0.326 e. The van der Waals surface area contributed by atoms with Crippen LogP contribution in [0.3, 0.4) is 0 Å². The topological polar surface area (TPSA) is 8.17 Å². The Kier molecular flexibility index (Phi) is 4.58. The second-order valence-electron chi connectivity index (χ2n) is 9.50. The molecule has 0 saturated carbocycles. The van der Waals surface area contributed by atoms with E-state index in [9.17, 15) is 0 Å². The Bertz CT molecular complexity index is 1770. The predicted molar refractivity (Wildman–Crippen MR) is 152 cm³/mol. The number of nitrogens with zero attached hydrogens (tertiary/aromatic N) is 2. The molecule has 7 rings (SSSR count). The third-order valence-electron chi connectivity index (χ3n) is 7.84. The Morgan fingerprint density at radius 2 is 0.771 bits per heavy atom. The summed E-state index contributed by atoms with van der Waals surface area (Å²) in [5, 5.41) is 13.4. The zero-order chi connectivity index (χ0) is 23.5. The standard InChI is InChI=1S/C33H28N2/c1-3-34(4-2)21-35-32-28-19-11-7-15-24(28)22-13-5-9-17-26(22)30(32)31-27-18-10-6-14-23(27)25-16-8-12-20-29(25)33(31)35/h5-20H,3-4,21H2,1-2H3. The molecule has 0 spiro atoms. The van der Waals surface area contributed by atoms with Gasteiger partial charge in [-0.1, -0.05) is 111 Å². The summed E-state index contributed by atoms with van der Waals surface area (Å²) in [4.78, 5) is 2.52. The van der Waals surface area contributed by atoms with Crippen molar-refractivity contribution in [1.29, 1.82) is 0 Å². The van der Waals surface area contributed by atoms with Gasteiger partial charge in [0.1, 0.15) is 0 Å². The summed E-state index contributed by atoms with van der Waals surface area (Å²) in [6.07, 6.45) is 0. The quantitative estimate of drug-likeness (QED) is 0.242. The second-order valence-corrected chi connectivity index (χ2v) is 9.50. The van der Waals surface area contributed by atoms with E-state index in [1.54, 1.807) is 0 Å². The van der Waals surface area contributed by atoms with Gasteiger partial charge in [0, 0.05) is 21.5 Å². The van der Waals surface area contributed by atoms with Gasteiger partial charge in [-0.25, -0.2) is 0 Å². The van der Waals surface area contributed by atoms with Gasteiger partial charge in [0.05, 0.1) is 17.7 Å². The molecular weight excluding hydrogens is 424 g/mol. The lowest BCUT2D eigenvalue weighted by Crippen LogP contribution is -2.25. The molecule has 0 aliphatic carbocycles. The van der Waals surface area contributed by atoms with Gasteiger partial charge in [0.25, 0.3) is 0 Å². The van der Waals surface area contributed by atoms with Gasteiger partial charge in [-0.2, -0.15) is 0 Å². The van der Waals surface area contributed by atoms with E-state index in [0.29, 0.717) is 0 Å². The van der Waals surface area contributed by atoms with Crippen LogP contribution in [-0.4, -0.2) is 22.6 Å². The summed E-state index contributed by atoms with van der Waals surface area (Å²) in [7, 11) is 0. The molecule has 2 heteroatoms. The van der Waals surface area contributed by atoms with Crippen molar-refractivity contribution >= 4 is 64.9 Å². The van der Waals surface area contributed by atoms with E-state index in [4.69, 9.17) is 0 Å². The number of hydrogen-bond acceptors (Lipinski definition) is 1.